The zero-order valence-corrected chi connectivity index (χ0v) is 8.95. The highest BCUT2D eigenvalue weighted by Gasteiger charge is 2.20. The Morgan fingerprint density at radius 2 is 2.14 bits per heavy atom. The largest absolute Gasteiger partial charge is 0.325 e. The minimum atomic E-state index is -3.43. The quantitative estimate of drug-likeness (QED) is 0.757. The third kappa shape index (κ3) is 1.92. The number of hydrogen-bond acceptors (Lipinski definition) is 4. The number of aromatic nitrogens is 1. The van der Waals surface area contributed by atoms with E-state index in [1.165, 1.54) is 26.4 Å². The summed E-state index contributed by atoms with van der Waals surface area (Å²) in [5, 5.41) is 0. The maximum absolute atomic E-state index is 11.7. The van der Waals surface area contributed by atoms with Crippen molar-refractivity contribution >= 4 is 10.0 Å². The number of pyridine rings is 1. The molecule has 0 unspecified atom stereocenters. The Morgan fingerprint density at radius 1 is 1.50 bits per heavy atom. The summed E-state index contributed by atoms with van der Waals surface area (Å²) in [6.07, 6.45) is 1.52. The maximum Gasteiger partial charge on any atom is 0.244 e. The average molecular weight is 215 g/mol. The van der Waals surface area contributed by atoms with Gasteiger partial charge in [-0.3, -0.25) is 4.98 Å². The van der Waals surface area contributed by atoms with E-state index in [1.807, 2.05) is 0 Å². The molecule has 0 amide bonds. The second-order valence-electron chi connectivity index (χ2n) is 2.94. The van der Waals surface area contributed by atoms with Gasteiger partial charge in [-0.15, -0.1) is 0 Å². The fourth-order valence-electron chi connectivity index (χ4n) is 1.01. The third-order valence-electron chi connectivity index (χ3n) is 1.80. The topological polar surface area (TPSA) is 76.3 Å². The van der Waals surface area contributed by atoms with Crippen LogP contribution in [0.2, 0.25) is 0 Å². The lowest BCUT2D eigenvalue weighted by Gasteiger charge is -2.13. The van der Waals surface area contributed by atoms with Crippen molar-refractivity contribution in [2.24, 2.45) is 5.73 Å². The monoisotopic (exact) mass is 215 g/mol. The standard InChI is InChI=1S/C8H13N3O2S/c1-11(2)14(12,13)8-4-3-5-10-7(8)6-9/h3-5H,6,9H2,1-2H3. The molecule has 1 rings (SSSR count). The molecular weight excluding hydrogens is 202 g/mol. The summed E-state index contributed by atoms with van der Waals surface area (Å²) < 4.78 is 24.6. The molecule has 0 aliphatic heterocycles. The van der Waals surface area contributed by atoms with Crippen molar-refractivity contribution in [2.45, 2.75) is 11.4 Å². The van der Waals surface area contributed by atoms with E-state index >= 15 is 0 Å². The Kier molecular flexibility index (Phi) is 3.20. The zero-order chi connectivity index (χ0) is 10.8. The summed E-state index contributed by atoms with van der Waals surface area (Å²) in [7, 11) is -0.479. The second kappa shape index (κ2) is 4.04. The Labute approximate surface area is 83.6 Å². The number of rotatable bonds is 3. The molecule has 0 bridgehead atoms. The van der Waals surface area contributed by atoms with Crippen LogP contribution in [-0.2, 0) is 16.6 Å². The minimum absolute atomic E-state index is 0.114. The van der Waals surface area contributed by atoms with E-state index in [0.29, 0.717) is 5.69 Å². The van der Waals surface area contributed by atoms with Crippen molar-refractivity contribution in [3.8, 4) is 0 Å². The molecule has 0 radical (unpaired) electrons. The number of nitrogens with two attached hydrogens (primary N) is 1. The Hall–Kier alpha value is -0.980. The van der Waals surface area contributed by atoms with Gasteiger partial charge in [-0.05, 0) is 12.1 Å². The van der Waals surface area contributed by atoms with Gasteiger partial charge in [0.05, 0.1) is 5.69 Å². The highest BCUT2D eigenvalue weighted by atomic mass is 32.2. The lowest BCUT2D eigenvalue weighted by Crippen LogP contribution is -2.24. The smallest absolute Gasteiger partial charge is 0.244 e. The van der Waals surface area contributed by atoms with E-state index in [1.54, 1.807) is 6.07 Å². The van der Waals surface area contributed by atoms with Crippen molar-refractivity contribution in [3.05, 3.63) is 24.0 Å². The molecule has 2 N–H and O–H groups in total. The number of sulfonamides is 1. The molecule has 1 aromatic rings. The van der Waals surface area contributed by atoms with Gasteiger partial charge in [-0.2, -0.15) is 0 Å². The van der Waals surface area contributed by atoms with E-state index in [2.05, 4.69) is 4.98 Å². The number of hydrogen-bond donors (Lipinski definition) is 1. The first-order valence-electron chi connectivity index (χ1n) is 4.06. The van der Waals surface area contributed by atoms with Crippen LogP contribution in [0.15, 0.2) is 23.2 Å². The lowest BCUT2D eigenvalue weighted by molar-refractivity contribution is 0.519. The fraction of sp³-hybridized carbons (Fsp3) is 0.375. The molecule has 1 heterocycles. The van der Waals surface area contributed by atoms with Crippen LogP contribution in [0.25, 0.3) is 0 Å². The Bertz CT molecular complexity index is 414. The molecule has 0 spiro atoms. The first-order valence-corrected chi connectivity index (χ1v) is 5.50. The van der Waals surface area contributed by atoms with Crippen molar-refractivity contribution in [3.63, 3.8) is 0 Å². The molecule has 5 nitrogen and oxygen atoms in total. The van der Waals surface area contributed by atoms with Crippen LogP contribution in [-0.4, -0.2) is 31.8 Å². The van der Waals surface area contributed by atoms with Gasteiger partial charge in [0.25, 0.3) is 0 Å². The normalized spacial score (nSPS) is 12.0. The first kappa shape index (κ1) is 11.1. The van der Waals surface area contributed by atoms with E-state index in [0.717, 1.165) is 4.31 Å². The van der Waals surface area contributed by atoms with Gasteiger partial charge in [0.1, 0.15) is 4.90 Å². The molecule has 0 aliphatic rings. The van der Waals surface area contributed by atoms with Crippen LogP contribution in [0.1, 0.15) is 5.69 Å². The summed E-state index contributed by atoms with van der Waals surface area (Å²) in [4.78, 5) is 4.09. The van der Waals surface area contributed by atoms with Gasteiger partial charge in [0.15, 0.2) is 0 Å². The predicted molar refractivity (Wildman–Crippen MR) is 53.0 cm³/mol. The molecule has 0 saturated carbocycles. The summed E-state index contributed by atoms with van der Waals surface area (Å²) in [5.41, 5.74) is 5.79. The first-order chi connectivity index (χ1) is 6.50. The van der Waals surface area contributed by atoms with Gasteiger partial charge in [-0.1, -0.05) is 0 Å². The summed E-state index contributed by atoms with van der Waals surface area (Å²) >= 11 is 0. The van der Waals surface area contributed by atoms with Crippen molar-refractivity contribution in [2.75, 3.05) is 14.1 Å². The molecule has 0 aromatic carbocycles. The number of nitrogens with zero attached hydrogens (tertiary/aromatic N) is 2. The van der Waals surface area contributed by atoms with Crippen LogP contribution in [0, 0.1) is 0 Å². The molecule has 0 fully saturated rings. The van der Waals surface area contributed by atoms with E-state index < -0.39 is 10.0 Å². The summed E-state index contributed by atoms with van der Waals surface area (Å²) in [5.74, 6) is 0. The van der Waals surface area contributed by atoms with Crippen molar-refractivity contribution < 1.29 is 8.42 Å². The third-order valence-corrected chi connectivity index (χ3v) is 3.69. The molecule has 0 aliphatic carbocycles. The molecule has 0 saturated heterocycles. The summed E-state index contributed by atoms with van der Waals surface area (Å²) in [6, 6.07) is 3.08. The molecule has 14 heavy (non-hydrogen) atoms. The van der Waals surface area contributed by atoms with Crippen LogP contribution < -0.4 is 5.73 Å². The van der Waals surface area contributed by atoms with Crippen molar-refractivity contribution in [1.82, 2.24) is 9.29 Å². The van der Waals surface area contributed by atoms with E-state index in [-0.39, 0.29) is 11.4 Å². The van der Waals surface area contributed by atoms with E-state index in [9.17, 15) is 8.42 Å². The van der Waals surface area contributed by atoms with Crippen LogP contribution in [0.4, 0.5) is 0 Å². The minimum Gasteiger partial charge on any atom is -0.325 e. The zero-order valence-electron chi connectivity index (χ0n) is 8.14. The molecule has 1 aromatic heterocycles. The molecule has 6 heteroatoms. The summed E-state index contributed by atoms with van der Waals surface area (Å²) in [6.45, 7) is 0.114. The highest BCUT2D eigenvalue weighted by Crippen LogP contribution is 2.15. The maximum atomic E-state index is 11.7. The van der Waals surface area contributed by atoms with Gasteiger partial charge in [0, 0.05) is 26.8 Å². The van der Waals surface area contributed by atoms with Crippen molar-refractivity contribution in [1.29, 1.82) is 0 Å². The SMILES string of the molecule is CN(C)S(=O)(=O)c1cccnc1CN. The fourth-order valence-corrected chi connectivity index (χ4v) is 2.09. The molecule has 78 valence electrons. The Balaban J connectivity index is 3.32. The molecule has 0 atom stereocenters. The van der Waals surface area contributed by atoms with Gasteiger partial charge < -0.3 is 5.73 Å². The van der Waals surface area contributed by atoms with Gasteiger partial charge in [-0.25, -0.2) is 12.7 Å². The van der Waals surface area contributed by atoms with Gasteiger partial charge in [0.2, 0.25) is 10.0 Å². The van der Waals surface area contributed by atoms with Crippen LogP contribution in [0.5, 0.6) is 0 Å². The average Bonchev–Trinajstić information content (AvgIpc) is 2.17. The van der Waals surface area contributed by atoms with Gasteiger partial charge >= 0.3 is 0 Å². The predicted octanol–water partition coefficient (Wildman–Crippen LogP) is -0.209. The highest BCUT2D eigenvalue weighted by molar-refractivity contribution is 7.89. The second-order valence-corrected chi connectivity index (χ2v) is 5.06. The molecular formula is C8H13N3O2S. The Morgan fingerprint density at radius 3 is 2.64 bits per heavy atom. The van der Waals surface area contributed by atoms with E-state index in [4.69, 9.17) is 5.73 Å². The van der Waals surface area contributed by atoms with Crippen LogP contribution >= 0.6 is 0 Å². The lowest BCUT2D eigenvalue weighted by atomic mass is 10.3. The van der Waals surface area contributed by atoms with Crippen LogP contribution in [0.3, 0.4) is 0 Å².